The summed E-state index contributed by atoms with van der Waals surface area (Å²) in [6.45, 7) is 1.61. The molecule has 8 heteroatoms. The van der Waals surface area contributed by atoms with E-state index >= 15 is 0 Å². The average Bonchev–Trinajstić information content (AvgIpc) is 2.81. The molecule has 0 radical (unpaired) electrons. The molecule has 0 bridgehead atoms. The molecule has 2 aromatic rings. The van der Waals surface area contributed by atoms with Gasteiger partial charge in [0.05, 0.1) is 16.7 Å². The number of halogens is 1. The number of nitro groups is 1. The van der Waals surface area contributed by atoms with Gasteiger partial charge >= 0.3 is 5.69 Å². The molecule has 0 aliphatic carbocycles. The van der Waals surface area contributed by atoms with Gasteiger partial charge in [-0.1, -0.05) is 15.9 Å². The molecule has 7 nitrogen and oxygen atoms in total. The van der Waals surface area contributed by atoms with E-state index in [0.717, 1.165) is 0 Å². The lowest BCUT2D eigenvalue weighted by Crippen LogP contribution is -2.05. The molecule has 0 fully saturated rings. The summed E-state index contributed by atoms with van der Waals surface area (Å²) in [6.07, 6.45) is 0.865. The second-order valence-corrected chi connectivity index (χ2v) is 5.46. The third kappa shape index (κ3) is 3.59. The van der Waals surface area contributed by atoms with Crippen LogP contribution in [-0.4, -0.2) is 19.8 Å². The van der Waals surface area contributed by atoms with E-state index in [1.165, 1.54) is 13.0 Å². The number of rotatable bonds is 5. The fourth-order valence-corrected chi connectivity index (χ4v) is 2.35. The molecule has 0 saturated carbocycles. The van der Waals surface area contributed by atoms with E-state index < -0.39 is 11.0 Å². The minimum absolute atomic E-state index is 0.0591. The van der Waals surface area contributed by atoms with Gasteiger partial charge < -0.3 is 9.84 Å². The van der Waals surface area contributed by atoms with Crippen molar-refractivity contribution in [2.75, 3.05) is 0 Å². The molecule has 1 aromatic carbocycles. The number of hydrogen-bond acceptors (Lipinski definition) is 5. The molecule has 2 rings (SSSR count). The van der Waals surface area contributed by atoms with Crippen LogP contribution in [0, 0.1) is 10.1 Å². The van der Waals surface area contributed by atoms with Gasteiger partial charge in [-0.25, -0.2) is 0 Å². The maximum Gasteiger partial charge on any atom is 0.312 e. The molecular weight excluding hydrogens is 342 g/mol. The summed E-state index contributed by atoms with van der Waals surface area (Å²) >= 11 is 3.20. The van der Waals surface area contributed by atoms with Crippen molar-refractivity contribution in [2.24, 2.45) is 7.05 Å². The lowest BCUT2D eigenvalue weighted by atomic mass is 10.1. The van der Waals surface area contributed by atoms with Crippen molar-refractivity contribution >= 4 is 21.6 Å². The Balaban J connectivity index is 2.37. The number of hydrogen-bond donors (Lipinski definition) is 1. The maximum atomic E-state index is 11.2. The van der Waals surface area contributed by atoms with Crippen LogP contribution in [0.2, 0.25) is 0 Å². The van der Waals surface area contributed by atoms with E-state index in [9.17, 15) is 15.2 Å². The van der Waals surface area contributed by atoms with Crippen LogP contribution in [0.3, 0.4) is 0 Å². The van der Waals surface area contributed by atoms with E-state index in [0.29, 0.717) is 15.7 Å². The van der Waals surface area contributed by atoms with Gasteiger partial charge in [-0.3, -0.25) is 14.8 Å². The molecule has 21 heavy (non-hydrogen) atoms. The van der Waals surface area contributed by atoms with E-state index in [2.05, 4.69) is 21.0 Å². The molecule has 1 atom stereocenters. The number of aliphatic hydroxyl groups is 1. The highest BCUT2D eigenvalue weighted by Gasteiger charge is 2.23. The number of ether oxygens (including phenoxy) is 1. The van der Waals surface area contributed by atoms with Crippen molar-refractivity contribution < 1.29 is 14.8 Å². The second kappa shape index (κ2) is 6.23. The van der Waals surface area contributed by atoms with Crippen molar-refractivity contribution in [1.29, 1.82) is 0 Å². The van der Waals surface area contributed by atoms with Crippen LogP contribution in [0.5, 0.6) is 5.75 Å². The van der Waals surface area contributed by atoms with Gasteiger partial charge in [-0.15, -0.1) is 0 Å². The molecule has 0 amide bonds. The first-order valence-electron chi connectivity index (χ1n) is 6.15. The molecule has 0 spiro atoms. The fraction of sp³-hybridized carbons (Fsp3) is 0.308. The number of aliphatic hydroxyl groups excluding tert-OH is 1. The summed E-state index contributed by atoms with van der Waals surface area (Å²) in [7, 11) is 1.77. The minimum atomic E-state index is -0.889. The Hall–Kier alpha value is -1.93. The summed E-state index contributed by atoms with van der Waals surface area (Å²) < 4.78 is 7.67. The Morgan fingerprint density at radius 1 is 1.57 bits per heavy atom. The topological polar surface area (TPSA) is 90.4 Å². The molecule has 0 aliphatic rings. The number of nitro benzene ring substituents is 1. The van der Waals surface area contributed by atoms with Crippen LogP contribution in [0.25, 0.3) is 0 Å². The zero-order valence-electron chi connectivity index (χ0n) is 11.5. The normalized spacial score (nSPS) is 12.2. The van der Waals surface area contributed by atoms with E-state index in [4.69, 9.17) is 4.74 Å². The fourth-order valence-electron chi connectivity index (χ4n) is 1.89. The molecule has 1 heterocycles. The molecule has 112 valence electrons. The molecule has 0 aliphatic heterocycles. The van der Waals surface area contributed by atoms with Gasteiger partial charge in [0.2, 0.25) is 5.75 Å². The predicted octanol–water partition coefficient (Wildman–Crippen LogP) is 2.72. The lowest BCUT2D eigenvalue weighted by molar-refractivity contribution is -0.386. The van der Waals surface area contributed by atoms with Gasteiger partial charge in [0, 0.05) is 29.3 Å². The SMILES string of the molecule is CC(O)c1cc(Br)cc([N+](=O)[O-])c1OCc1ccn(C)n1. The highest BCUT2D eigenvalue weighted by atomic mass is 79.9. The monoisotopic (exact) mass is 355 g/mol. The summed E-state index contributed by atoms with van der Waals surface area (Å²) in [5.41, 5.74) is 0.800. The Morgan fingerprint density at radius 2 is 2.29 bits per heavy atom. The van der Waals surface area contributed by atoms with Crippen molar-refractivity contribution in [3.8, 4) is 5.75 Å². The quantitative estimate of drug-likeness (QED) is 0.657. The molecule has 0 saturated heterocycles. The summed E-state index contributed by atoms with van der Waals surface area (Å²) in [5, 5.41) is 25.1. The van der Waals surface area contributed by atoms with Gasteiger partial charge in [0.15, 0.2) is 0 Å². The van der Waals surface area contributed by atoms with Crippen LogP contribution in [0.1, 0.15) is 24.3 Å². The third-order valence-electron chi connectivity index (χ3n) is 2.84. The van der Waals surface area contributed by atoms with E-state index in [-0.39, 0.29) is 18.0 Å². The maximum absolute atomic E-state index is 11.2. The Morgan fingerprint density at radius 3 is 2.81 bits per heavy atom. The van der Waals surface area contributed by atoms with Crippen molar-refractivity contribution in [3.63, 3.8) is 0 Å². The molecular formula is C13H14BrN3O4. The Bertz CT molecular complexity index is 669. The first kappa shape index (κ1) is 15.5. The van der Waals surface area contributed by atoms with Crippen LogP contribution >= 0.6 is 15.9 Å². The summed E-state index contributed by atoms with van der Waals surface area (Å²) in [4.78, 5) is 10.6. The average molecular weight is 356 g/mol. The van der Waals surface area contributed by atoms with Crippen molar-refractivity contribution in [2.45, 2.75) is 19.6 Å². The smallest absolute Gasteiger partial charge is 0.312 e. The second-order valence-electron chi connectivity index (χ2n) is 4.55. The van der Waals surface area contributed by atoms with Gasteiger partial charge in [0.25, 0.3) is 0 Å². The summed E-state index contributed by atoms with van der Waals surface area (Å²) in [6, 6.07) is 4.71. The highest BCUT2D eigenvalue weighted by Crippen LogP contribution is 2.38. The molecule has 1 N–H and O–H groups in total. The van der Waals surface area contributed by atoms with Gasteiger partial charge in [0.1, 0.15) is 6.61 Å². The number of aromatic nitrogens is 2. The lowest BCUT2D eigenvalue weighted by Gasteiger charge is -2.13. The van der Waals surface area contributed by atoms with E-state index in [1.807, 2.05) is 0 Å². The number of aryl methyl sites for hydroxylation is 1. The van der Waals surface area contributed by atoms with Crippen LogP contribution in [0.15, 0.2) is 28.9 Å². The number of nitrogens with zero attached hydrogens (tertiary/aromatic N) is 3. The van der Waals surface area contributed by atoms with Crippen LogP contribution in [-0.2, 0) is 13.7 Å². The predicted molar refractivity (Wildman–Crippen MR) is 79.0 cm³/mol. The molecule has 1 aromatic heterocycles. The van der Waals surface area contributed by atoms with Crippen molar-refractivity contribution in [1.82, 2.24) is 9.78 Å². The molecule has 1 unspecified atom stereocenters. The standard InChI is InChI=1S/C13H14BrN3O4/c1-8(18)11-5-9(14)6-12(17(19)20)13(11)21-7-10-3-4-16(2)15-10/h3-6,8,18H,7H2,1-2H3. The number of benzene rings is 1. The van der Waals surface area contributed by atoms with Crippen LogP contribution < -0.4 is 4.74 Å². The zero-order chi connectivity index (χ0) is 15.6. The first-order chi connectivity index (χ1) is 9.88. The highest BCUT2D eigenvalue weighted by molar-refractivity contribution is 9.10. The first-order valence-corrected chi connectivity index (χ1v) is 6.95. The van der Waals surface area contributed by atoms with Crippen molar-refractivity contribution in [3.05, 3.63) is 50.2 Å². The van der Waals surface area contributed by atoms with E-state index in [1.54, 1.807) is 30.1 Å². The van der Waals surface area contributed by atoms with Gasteiger partial charge in [-0.2, -0.15) is 5.10 Å². The zero-order valence-corrected chi connectivity index (χ0v) is 13.1. The third-order valence-corrected chi connectivity index (χ3v) is 3.30. The Kier molecular flexibility index (Phi) is 4.59. The van der Waals surface area contributed by atoms with Gasteiger partial charge in [-0.05, 0) is 19.1 Å². The Labute approximate surface area is 129 Å². The van der Waals surface area contributed by atoms with Crippen LogP contribution in [0.4, 0.5) is 5.69 Å². The largest absolute Gasteiger partial charge is 0.480 e. The summed E-state index contributed by atoms with van der Waals surface area (Å²) in [5.74, 6) is 0.0591. The minimum Gasteiger partial charge on any atom is -0.480 e.